The lowest BCUT2D eigenvalue weighted by Gasteiger charge is -2.24. The fraction of sp³-hybridized carbons (Fsp3) is 0.316. The van der Waals surface area contributed by atoms with E-state index in [1.165, 1.54) is 25.6 Å². The van der Waals surface area contributed by atoms with Crippen LogP contribution in [0.2, 0.25) is 5.02 Å². The normalized spacial score (nSPS) is 12.6. The molecule has 2 aromatic rings. The molecule has 29 heavy (non-hydrogen) atoms. The molecule has 0 aliphatic carbocycles. The van der Waals surface area contributed by atoms with Crippen molar-refractivity contribution in [1.82, 2.24) is 5.32 Å². The van der Waals surface area contributed by atoms with Crippen LogP contribution in [0.15, 0.2) is 58.3 Å². The number of amides is 1. The van der Waals surface area contributed by atoms with Crippen LogP contribution in [-0.2, 0) is 20.8 Å². The van der Waals surface area contributed by atoms with Crippen molar-refractivity contribution < 1.29 is 26.4 Å². The summed E-state index contributed by atoms with van der Waals surface area (Å²) < 4.78 is 61.7. The zero-order valence-corrected chi connectivity index (χ0v) is 18.0. The molecule has 0 heterocycles. The second-order valence-electron chi connectivity index (χ2n) is 6.57. The van der Waals surface area contributed by atoms with E-state index in [0.29, 0.717) is 22.9 Å². The standard InChI is InChI=1S/C19H19ClF3NO3S2/c1-18(2,17(25)24-11-12-28-16-6-4-3-5-15(16)20)29(26,27)14-9-7-13(8-10-14)19(21,22)23/h3-10H,11-12H2,1-2H3,(H,24,25). The summed E-state index contributed by atoms with van der Waals surface area (Å²) in [4.78, 5) is 13.0. The Morgan fingerprint density at radius 2 is 1.66 bits per heavy atom. The summed E-state index contributed by atoms with van der Waals surface area (Å²) in [5, 5.41) is 3.14. The highest BCUT2D eigenvalue weighted by Gasteiger charge is 2.43. The van der Waals surface area contributed by atoms with E-state index in [1.807, 2.05) is 12.1 Å². The lowest BCUT2D eigenvalue weighted by molar-refractivity contribution is -0.137. The van der Waals surface area contributed by atoms with Crippen molar-refractivity contribution >= 4 is 39.1 Å². The molecule has 2 rings (SSSR count). The molecular formula is C19H19ClF3NO3S2. The van der Waals surface area contributed by atoms with Crippen LogP contribution in [0.4, 0.5) is 13.2 Å². The molecule has 0 saturated heterocycles. The number of thioether (sulfide) groups is 1. The average molecular weight is 466 g/mol. The van der Waals surface area contributed by atoms with Gasteiger partial charge in [-0.1, -0.05) is 23.7 Å². The van der Waals surface area contributed by atoms with Crippen LogP contribution in [0.25, 0.3) is 0 Å². The second kappa shape index (κ2) is 8.97. The van der Waals surface area contributed by atoms with Crippen LogP contribution in [-0.4, -0.2) is 31.4 Å². The summed E-state index contributed by atoms with van der Waals surface area (Å²) in [7, 11) is -4.20. The van der Waals surface area contributed by atoms with E-state index in [1.54, 1.807) is 12.1 Å². The molecule has 0 atom stereocenters. The molecule has 0 spiro atoms. The van der Waals surface area contributed by atoms with Crippen LogP contribution >= 0.6 is 23.4 Å². The van der Waals surface area contributed by atoms with Crippen LogP contribution in [0.1, 0.15) is 19.4 Å². The fourth-order valence-corrected chi connectivity index (χ4v) is 4.84. The van der Waals surface area contributed by atoms with Gasteiger partial charge in [0.05, 0.1) is 15.5 Å². The maximum Gasteiger partial charge on any atom is 0.416 e. The number of carbonyl (C=O) groups excluding carboxylic acids is 1. The highest BCUT2D eigenvalue weighted by atomic mass is 35.5. The lowest BCUT2D eigenvalue weighted by atomic mass is 10.2. The van der Waals surface area contributed by atoms with Gasteiger partial charge in [-0.2, -0.15) is 13.2 Å². The summed E-state index contributed by atoms with van der Waals surface area (Å²) >= 11 is 7.45. The van der Waals surface area contributed by atoms with Crippen LogP contribution in [0.5, 0.6) is 0 Å². The molecule has 0 unspecified atom stereocenters. The minimum Gasteiger partial charge on any atom is -0.354 e. The van der Waals surface area contributed by atoms with Gasteiger partial charge in [-0.25, -0.2) is 8.42 Å². The first-order chi connectivity index (χ1) is 13.4. The Balaban J connectivity index is 2.03. The predicted molar refractivity (Wildman–Crippen MR) is 108 cm³/mol. The Labute approximate surface area is 176 Å². The molecule has 0 bridgehead atoms. The van der Waals surface area contributed by atoms with Crippen molar-refractivity contribution in [2.75, 3.05) is 12.3 Å². The number of carbonyl (C=O) groups is 1. The molecule has 0 aliphatic heterocycles. The van der Waals surface area contributed by atoms with Gasteiger partial charge >= 0.3 is 6.18 Å². The average Bonchev–Trinajstić information content (AvgIpc) is 2.65. The summed E-state index contributed by atoms with van der Waals surface area (Å²) in [5.41, 5.74) is -0.963. The van der Waals surface area contributed by atoms with E-state index in [-0.39, 0.29) is 11.4 Å². The third-order valence-corrected chi connectivity index (χ3v) is 8.13. The number of halogens is 4. The maximum atomic E-state index is 12.8. The monoisotopic (exact) mass is 465 g/mol. The quantitative estimate of drug-likeness (QED) is 0.470. The van der Waals surface area contributed by atoms with E-state index in [0.717, 1.165) is 17.0 Å². The molecule has 0 aromatic heterocycles. The third-order valence-electron chi connectivity index (χ3n) is 4.19. The minimum absolute atomic E-state index is 0.195. The molecule has 0 fully saturated rings. The van der Waals surface area contributed by atoms with Crippen molar-refractivity contribution in [3.63, 3.8) is 0 Å². The summed E-state index contributed by atoms with van der Waals surface area (Å²) in [6.07, 6.45) is -4.57. The van der Waals surface area contributed by atoms with E-state index in [4.69, 9.17) is 11.6 Å². The molecule has 4 nitrogen and oxygen atoms in total. The molecular weight excluding hydrogens is 447 g/mol. The molecule has 1 amide bonds. The van der Waals surface area contributed by atoms with E-state index in [9.17, 15) is 26.4 Å². The van der Waals surface area contributed by atoms with Gasteiger partial charge in [0.2, 0.25) is 5.91 Å². The van der Waals surface area contributed by atoms with Gasteiger partial charge in [0.25, 0.3) is 0 Å². The van der Waals surface area contributed by atoms with Gasteiger partial charge in [-0.15, -0.1) is 11.8 Å². The number of hydrogen-bond donors (Lipinski definition) is 1. The highest BCUT2D eigenvalue weighted by Crippen LogP contribution is 2.32. The first-order valence-corrected chi connectivity index (χ1v) is 11.3. The SMILES string of the molecule is CC(C)(C(=O)NCCSc1ccccc1Cl)S(=O)(=O)c1ccc(C(F)(F)F)cc1. The maximum absolute atomic E-state index is 12.8. The van der Waals surface area contributed by atoms with E-state index < -0.39 is 32.2 Å². The first-order valence-electron chi connectivity index (χ1n) is 8.45. The van der Waals surface area contributed by atoms with Crippen molar-refractivity contribution in [2.24, 2.45) is 0 Å². The van der Waals surface area contributed by atoms with Gasteiger partial charge in [-0.05, 0) is 50.2 Å². The molecule has 1 N–H and O–H groups in total. The number of rotatable bonds is 7. The van der Waals surface area contributed by atoms with Gasteiger partial charge < -0.3 is 5.32 Å². The minimum atomic E-state index is -4.57. The molecule has 2 aromatic carbocycles. The lowest BCUT2D eigenvalue weighted by Crippen LogP contribution is -2.48. The second-order valence-corrected chi connectivity index (χ2v) is 10.6. The predicted octanol–water partition coefficient (Wildman–Crippen LogP) is 4.82. The Bertz CT molecular complexity index is 975. The van der Waals surface area contributed by atoms with Crippen LogP contribution < -0.4 is 5.32 Å². The molecule has 158 valence electrons. The number of nitrogens with one attached hydrogen (secondary N) is 1. The van der Waals surface area contributed by atoms with Gasteiger partial charge in [-0.3, -0.25) is 4.79 Å². The fourth-order valence-electron chi connectivity index (χ4n) is 2.34. The topological polar surface area (TPSA) is 63.2 Å². The highest BCUT2D eigenvalue weighted by molar-refractivity contribution is 7.99. The van der Waals surface area contributed by atoms with Crippen LogP contribution in [0, 0.1) is 0 Å². The summed E-state index contributed by atoms with van der Waals surface area (Å²) in [5.74, 6) is -0.275. The van der Waals surface area contributed by atoms with Crippen molar-refractivity contribution in [2.45, 2.75) is 34.6 Å². The summed E-state index contributed by atoms with van der Waals surface area (Å²) in [6, 6.07) is 10.3. The van der Waals surface area contributed by atoms with E-state index >= 15 is 0 Å². The Morgan fingerprint density at radius 3 is 2.21 bits per heavy atom. The zero-order valence-electron chi connectivity index (χ0n) is 15.6. The smallest absolute Gasteiger partial charge is 0.354 e. The zero-order chi connectivity index (χ0) is 21.9. The van der Waals surface area contributed by atoms with Crippen LogP contribution in [0.3, 0.4) is 0 Å². The van der Waals surface area contributed by atoms with E-state index in [2.05, 4.69) is 5.32 Å². The number of hydrogen-bond acceptors (Lipinski definition) is 4. The number of benzene rings is 2. The van der Waals surface area contributed by atoms with Gasteiger partial charge in [0, 0.05) is 17.2 Å². The molecule has 10 heteroatoms. The molecule has 0 aliphatic rings. The van der Waals surface area contributed by atoms with Gasteiger partial charge in [0.1, 0.15) is 4.75 Å². The Hall–Kier alpha value is -1.71. The van der Waals surface area contributed by atoms with Gasteiger partial charge in [0.15, 0.2) is 9.84 Å². The first kappa shape index (κ1) is 23.6. The van der Waals surface area contributed by atoms with Crippen molar-refractivity contribution in [3.8, 4) is 0 Å². The Kier molecular flexibility index (Phi) is 7.29. The largest absolute Gasteiger partial charge is 0.416 e. The summed E-state index contributed by atoms with van der Waals surface area (Å²) in [6.45, 7) is 2.63. The van der Waals surface area contributed by atoms with Crippen molar-refractivity contribution in [3.05, 3.63) is 59.1 Å². The Morgan fingerprint density at radius 1 is 1.07 bits per heavy atom. The number of alkyl halides is 3. The number of sulfone groups is 1. The third kappa shape index (κ3) is 5.46. The van der Waals surface area contributed by atoms with Crippen molar-refractivity contribution in [1.29, 1.82) is 0 Å². The molecule has 0 radical (unpaired) electrons. The molecule has 0 saturated carbocycles.